The van der Waals surface area contributed by atoms with Crippen molar-refractivity contribution in [1.82, 2.24) is 30.0 Å². The minimum absolute atomic E-state index is 0.00198. The number of carbonyl (C=O) groups is 4. The fourth-order valence-corrected chi connectivity index (χ4v) is 8.46. The second-order valence-corrected chi connectivity index (χ2v) is 15.2. The summed E-state index contributed by atoms with van der Waals surface area (Å²) in [6, 6.07) is 15.5. The number of hydrogen-bond acceptors (Lipinski definition) is 7. The number of H-pyrrole nitrogens is 1. The summed E-state index contributed by atoms with van der Waals surface area (Å²) in [4.78, 5) is 64.9. The van der Waals surface area contributed by atoms with Gasteiger partial charge in [-0.25, -0.2) is 19.4 Å². The zero-order chi connectivity index (χ0) is 37.3. The number of piperidine rings is 1. The van der Waals surface area contributed by atoms with Crippen LogP contribution in [0.2, 0.25) is 0 Å². The number of hydrogen-bond donors (Lipinski definition) is 6. The first kappa shape index (κ1) is 37.1. The maximum Gasteiger partial charge on any atom is 0.329 e. The number of likely N-dealkylation sites (N-methyl/N-ethyl adjacent to an activating group) is 1. The Hall–Kier alpha value is -4.67. The lowest BCUT2D eigenvalue weighted by atomic mass is 9.85. The van der Waals surface area contributed by atoms with E-state index in [2.05, 4.69) is 47.5 Å². The standard InChI is InChI=1S/C36H41Br2N9O5/c1-45(2)36(33(49)50,19-30(39)48)22-7-8-27-28(18-22)42-32(41-27)29(17-20-15-24(37)31(40)25(38)16-20)44-34(51)46-12-10-23(11-13-46)47-14-9-21-5-3-4-6-26(21)43-35(47)52/h3-8,15-16,18,23,29H,9-14,17,19,40H2,1-2H3,(H2,39,48)(H,41,42)(H,43,52)(H,44,51)(H,49,50)/t29-,36?/m1/s1. The molecule has 0 aliphatic carbocycles. The van der Waals surface area contributed by atoms with Crippen molar-refractivity contribution in [2.24, 2.45) is 5.73 Å². The summed E-state index contributed by atoms with van der Waals surface area (Å²) in [5, 5.41) is 16.5. The van der Waals surface area contributed by atoms with Crippen LogP contribution in [0, 0.1) is 0 Å². The molecule has 0 radical (unpaired) electrons. The number of nitrogen functional groups attached to an aromatic ring is 1. The molecular formula is C36H41Br2N9O5. The predicted octanol–water partition coefficient (Wildman–Crippen LogP) is 4.94. The Morgan fingerprint density at radius 3 is 2.42 bits per heavy atom. The van der Waals surface area contributed by atoms with Crippen LogP contribution in [0.3, 0.4) is 0 Å². The maximum atomic E-state index is 13.9. The zero-order valence-corrected chi connectivity index (χ0v) is 32.0. The first-order chi connectivity index (χ1) is 24.8. The second-order valence-electron chi connectivity index (χ2n) is 13.5. The van der Waals surface area contributed by atoms with Crippen LogP contribution in [0.1, 0.15) is 47.8 Å². The number of aromatic amines is 1. The number of aromatic nitrogens is 2. The Morgan fingerprint density at radius 1 is 1.08 bits per heavy atom. The van der Waals surface area contributed by atoms with Gasteiger partial charge in [0, 0.05) is 46.7 Å². The quantitative estimate of drug-likeness (QED) is 0.121. The molecule has 0 bridgehead atoms. The van der Waals surface area contributed by atoms with Gasteiger partial charge >= 0.3 is 18.0 Å². The fourth-order valence-electron chi connectivity index (χ4n) is 7.18. The Labute approximate surface area is 317 Å². The van der Waals surface area contributed by atoms with Crippen LogP contribution < -0.4 is 22.1 Å². The fraction of sp³-hybridized carbons (Fsp3) is 0.361. The molecule has 1 saturated heterocycles. The molecule has 6 rings (SSSR count). The normalized spacial score (nSPS) is 16.9. The molecule has 1 aromatic heterocycles. The van der Waals surface area contributed by atoms with Crippen molar-refractivity contribution in [2.75, 3.05) is 44.8 Å². The molecule has 2 aliphatic heterocycles. The molecule has 0 spiro atoms. The van der Waals surface area contributed by atoms with Gasteiger partial charge in [0.2, 0.25) is 5.91 Å². The molecule has 52 heavy (non-hydrogen) atoms. The molecule has 8 N–H and O–H groups in total. The molecule has 1 unspecified atom stereocenters. The number of benzene rings is 3. The minimum Gasteiger partial charge on any atom is -0.480 e. The molecule has 2 atom stereocenters. The van der Waals surface area contributed by atoms with E-state index < -0.39 is 29.9 Å². The van der Waals surface area contributed by atoms with E-state index >= 15 is 0 Å². The first-order valence-corrected chi connectivity index (χ1v) is 18.5. The summed E-state index contributed by atoms with van der Waals surface area (Å²) in [6.07, 6.45) is 1.93. The number of halogens is 2. The highest BCUT2D eigenvalue weighted by atomic mass is 79.9. The lowest BCUT2D eigenvalue weighted by Gasteiger charge is -2.38. The van der Waals surface area contributed by atoms with Crippen LogP contribution in [-0.4, -0.2) is 93.5 Å². The largest absolute Gasteiger partial charge is 0.480 e. The number of urea groups is 2. The third kappa shape index (κ3) is 7.45. The van der Waals surface area contributed by atoms with Crippen LogP contribution in [-0.2, 0) is 28.0 Å². The van der Waals surface area contributed by atoms with E-state index in [0.29, 0.717) is 76.0 Å². The number of primary amides is 1. The number of aliphatic carboxylic acids is 1. The number of nitrogens with one attached hydrogen (secondary N) is 3. The summed E-state index contributed by atoms with van der Waals surface area (Å²) < 4.78 is 1.39. The van der Waals surface area contributed by atoms with Crippen LogP contribution in [0.25, 0.3) is 11.0 Å². The van der Waals surface area contributed by atoms with E-state index in [1.165, 1.54) is 4.90 Å². The topological polar surface area (TPSA) is 203 Å². The molecule has 1 fully saturated rings. The Kier molecular flexibility index (Phi) is 10.8. The molecular weight excluding hydrogens is 798 g/mol. The van der Waals surface area contributed by atoms with E-state index in [4.69, 9.17) is 16.5 Å². The number of para-hydroxylation sites is 1. The van der Waals surface area contributed by atoms with Crippen molar-refractivity contribution in [2.45, 2.75) is 49.7 Å². The summed E-state index contributed by atoms with van der Waals surface area (Å²) in [7, 11) is 3.16. The van der Waals surface area contributed by atoms with Crippen LogP contribution in [0.4, 0.5) is 21.0 Å². The van der Waals surface area contributed by atoms with Crippen molar-refractivity contribution in [3.05, 3.63) is 86.1 Å². The average Bonchev–Trinajstić information content (AvgIpc) is 3.45. The molecule has 2 aliphatic rings. The SMILES string of the molecule is CN(C)C(CC(N)=O)(C(=O)O)c1ccc2nc([C@@H](Cc3cc(Br)c(N)c(Br)c3)NC(=O)N3CCC(N4CCc5ccccc5NC4=O)CC3)[nH]c2c1. The average molecular weight is 840 g/mol. The Morgan fingerprint density at radius 2 is 1.77 bits per heavy atom. The summed E-state index contributed by atoms with van der Waals surface area (Å²) in [5.41, 5.74) is 14.7. The number of amides is 5. The van der Waals surface area contributed by atoms with Gasteiger partial charge in [0.1, 0.15) is 5.82 Å². The number of carboxylic acids is 1. The maximum absolute atomic E-state index is 13.9. The Bertz CT molecular complexity index is 2010. The number of fused-ring (bicyclic) bond motifs is 2. The molecule has 5 amide bonds. The zero-order valence-electron chi connectivity index (χ0n) is 28.8. The molecule has 4 aromatic rings. The summed E-state index contributed by atoms with van der Waals surface area (Å²) in [5.74, 6) is -1.51. The van der Waals surface area contributed by atoms with Gasteiger partial charge in [-0.05, 0) is 112 Å². The highest BCUT2D eigenvalue weighted by molar-refractivity contribution is 9.11. The number of imidazole rings is 1. The van der Waals surface area contributed by atoms with Crippen molar-refractivity contribution in [3.63, 3.8) is 0 Å². The number of carboxylic acid groups (broad SMARTS) is 1. The van der Waals surface area contributed by atoms with Gasteiger partial charge in [-0.2, -0.15) is 0 Å². The first-order valence-electron chi connectivity index (χ1n) is 16.9. The lowest BCUT2D eigenvalue weighted by molar-refractivity contribution is -0.153. The molecule has 16 heteroatoms. The highest BCUT2D eigenvalue weighted by Crippen LogP contribution is 2.35. The monoisotopic (exact) mass is 837 g/mol. The van der Waals surface area contributed by atoms with E-state index in [1.54, 1.807) is 37.2 Å². The lowest BCUT2D eigenvalue weighted by Crippen LogP contribution is -2.52. The third-order valence-corrected chi connectivity index (χ3v) is 11.4. The number of anilines is 2. The van der Waals surface area contributed by atoms with Gasteiger partial charge in [-0.15, -0.1) is 0 Å². The molecule has 14 nitrogen and oxygen atoms in total. The van der Waals surface area contributed by atoms with E-state index in [-0.39, 0.29) is 18.1 Å². The molecule has 3 aromatic carbocycles. The number of carbonyl (C=O) groups excluding carboxylic acids is 3. The van der Waals surface area contributed by atoms with Crippen molar-refractivity contribution in [1.29, 1.82) is 0 Å². The third-order valence-electron chi connectivity index (χ3n) is 10.1. The number of rotatable bonds is 10. The smallest absolute Gasteiger partial charge is 0.329 e. The number of nitrogens with zero attached hydrogens (tertiary/aromatic N) is 4. The van der Waals surface area contributed by atoms with Gasteiger partial charge in [0.05, 0.1) is 29.2 Å². The van der Waals surface area contributed by atoms with Gasteiger partial charge in [-0.3, -0.25) is 9.69 Å². The van der Waals surface area contributed by atoms with Crippen molar-refractivity contribution >= 4 is 78.2 Å². The van der Waals surface area contributed by atoms with Gasteiger partial charge in [0.15, 0.2) is 5.54 Å². The van der Waals surface area contributed by atoms with Gasteiger partial charge in [0.25, 0.3) is 0 Å². The van der Waals surface area contributed by atoms with Crippen molar-refractivity contribution in [3.8, 4) is 0 Å². The van der Waals surface area contributed by atoms with Gasteiger partial charge < -0.3 is 42.0 Å². The molecule has 274 valence electrons. The minimum atomic E-state index is -1.70. The van der Waals surface area contributed by atoms with Gasteiger partial charge in [-0.1, -0.05) is 24.3 Å². The van der Waals surface area contributed by atoms with Crippen LogP contribution in [0.5, 0.6) is 0 Å². The van der Waals surface area contributed by atoms with Crippen LogP contribution in [0.15, 0.2) is 63.5 Å². The predicted molar refractivity (Wildman–Crippen MR) is 205 cm³/mol. The molecule has 3 heterocycles. The summed E-state index contributed by atoms with van der Waals surface area (Å²) in [6.45, 7) is 1.53. The number of likely N-dealkylation sites (tertiary alicyclic amines) is 1. The number of nitrogens with two attached hydrogens (primary N) is 2. The van der Waals surface area contributed by atoms with Crippen LogP contribution >= 0.6 is 31.9 Å². The Balaban J connectivity index is 1.24. The highest BCUT2D eigenvalue weighted by Gasteiger charge is 2.44. The van der Waals surface area contributed by atoms with E-state index in [0.717, 1.165) is 23.2 Å². The van der Waals surface area contributed by atoms with E-state index in [9.17, 15) is 24.3 Å². The van der Waals surface area contributed by atoms with E-state index in [1.807, 2.05) is 41.3 Å². The van der Waals surface area contributed by atoms with Crippen molar-refractivity contribution < 1.29 is 24.3 Å². The summed E-state index contributed by atoms with van der Waals surface area (Å²) >= 11 is 7.03. The molecule has 0 saturated carbocycles. The second kappa shape index (κ2) is 15.1.